The van der Waals surface area contributed by atoms with Gasteiger partial charge in [0, 0.05) is 20.0 Å². The predicted molar refractivity (Wildman–Crippen MR) is 44.0 cm³/mol. The highest BCUT2D eigenvalue weighted by atomic mass is 16.4. The van der Waals surface area contributed by atoms with Crippen molar-refractivity contribution in [1.82, 2.24) is 4.90 Å². The van der Waals surface area contributed by atoms with Crippen molar-refractivity contribution in [3.8, 4) is 0 Å². The third-order valence-corrected chi connectivity index (χ3v) is 2.22. The van der Waals surface area contributed by atoms with E-state index in [1.165, 1.54) is 11.8 Å². The molecule has 74 valence electrons. The van der Waals surface area contributed by atoms with Gasteiger partial charge in [0.05, 0.1) is 12.0 Å². The number of piperidine rings is 1. The van der Waals surface area contributed by atoms with Crippen LogP contribution in [0.15, 0.2) is 0 Å². The van der Waals surface area contributed by atoms with Crippen molar-refractivity contribution in [2.45, 2.75) is 19.4 Å². The van der Waals surface area contributed by atoms with Crippen molar-refractivity contribution in [2.75, 3.05) is 13.1 Å². The molecular weight excluding hydrogens is 174 g/mol. The molecule has 0 aromatic carbocycles. The van der Waals surface area contributed by atoms with Gasteiger partial charge in [-0.15, -0.1) is 0 Å². The molecule has 2 atom stereocenters. The third-order valence-electron chi connectivity index (χ3n) is 2.22. The van der Waals surface area contributed by atoms with Crippen LogP contribution >= 0.6 is 0 Å². The Bertz CT molecular complexity index is 206. The minimum atomic E-state index is -0.954. The molecule has 0 saturated carbocycles. The summed E-state index contributed by atoms with van der Waals surface area (Å²) in [4.78, 5) is 22.9. The molecule has 0 unspecified atom stereocenters. The van der Waals surface area contributed by atoms with E-state index in [4.69, 9.17) is 5.11 Å². The van der Waals surface area contributed by atoms with Gasteiger partial charge in [-0.05, 0) is 6.42 Å². The average Bonchev–Trinajstić information content (AvgIpc) is 2.03. The Morgan fingerprint density at radius 3 is 2.46 bits per heavy atom. The molecule has 1 aliphatic rings. The van der Waals surface area contributed by atoms with E-state index in [1.807, 2.05) is 0 Å². The zero-order valence-electron chi connectivity index (χ0n) is 7.43. The summed E-state index contributed by atoms with van der Waals surface area (Å²) in [5, 5.41) is 18.0. The van der Waals surface area contributed by atoms with Crippen molar-refractivity contribution in [1.29, 1.82) is 0 Å². The number of hydrogen-bond acceptors (Lipinski definition) is 3. The number of rotatable bonds is 1. The maximum Gasteiger partial charge on any atom is 0.308 e. The Balaban J connectivity index is 2.62. The summed E-state index contributed by atoms with van der Waals surface area (Å²) in [5.74, 6) is -1.78. The number of carboxylic acids is 1. The van der Waals surface area contributed by atoms with E-state index in [0.717, 1.165) is 0 Å². The minimum Gasteiger partial charge on any atom is -0.481 e. The molecule has 1 rings (SSSR count). The molecule has 13 heavy (non-hydrogen) atoms. The zero-order chi connectivity index (χ0) is 10.0. The second-order valence-electron chi connectivity index (χ2n) is 3.35. The van der Waals surface area contributed by atoms with E-state index in [1.54, 1.807) is 0 Å². The number of amides is 1. The van der Waals surface area contributed by atoms with Gasteiger partial charge in [0.1, 0.15) is 0 Å². The zero-order valence-corrected chi connectivity index (χ0v) is 7.43. The van der Waals surface area contributed by atoms with Gasteiger partial charge in [-0.1, -0.05) is 0 Å². The van der Waals surface area contributed by atoms with Crippen LogP contribution in [-0.2, 0) is 9.59 Å². The largest absolute Gasteiger partial charge is 0.481 e. The van der Waals surface area contributed by atoms with Gasteiger partial charge in [0.2, 0.25) is 5.91 Å². The fraction of sp³-hybridized carbons (Fsp3) is 0.750. The first-order valence-electron chi connectivity index (χ1n) is 4.17. The van der Waals surface area contributed by atoms with E-state index >= 15 is 0 Å². The monoisotopic (exact) mass is 187 g/mol. The number of hydrogen-bond donors (Lipinski definition) is 2. The fourth-order valence-corrected chi connectivity index (χ4v) is 1.51. The van der Waals surface area contributed by atoms with Gasteiger partial charge in [0.25, 0.3) is 0 Å². The summed E-state index contributed by atoms with van der Waals surface area (Å²) < 4.78 is 0. The lowest BCUT2D eigenvalue weighted by atomic mass is 9.96. The maximum atomic E-state index is 10.9. The number of carbonyl (C=O) groups excluding carboxylic acids is 1. The molecule has 0 aromatic heterocycles. The van der Waals surface area contributed by atoms with E-state index in [0.29, 0.717) is 0 Å². The maximum absolute atomic E-state index is 10.9. The highest BCUT2D eigenvalue weighted by Gasteiger charge is 2.31. The van der Waals surface area contributed by atoms with Crippen LogP contribution in [-0.4, -0.2) is 46.2 Å². The molecule has 2 N–H and O–H groups in total. The van der Waals surface area contributed by atoms with Crippen LogP contribution in [0.5, 0.6) is 0 Å². The molecule has 5 nitrogen and oxygen atoms in total. The second kappa shape index (κ2) is 3.74. The molecule has 5 heteroatoms. The van der Waals surface area contributed by atoms with E-state index in [-0.39, 0.29) is 25.4 Å². The van der Waals surface area contributed by atoms with Crippen LogP contribution in [0.1, 0.15) is 13.3 Å². The Morgan fingerprint density at radius 1 is 1.38 bits per heavy atom. The topological polar surface area (TPSA) is 77.8 Å². The van der Waals surface area contributed by atoms with Crippen molar-refractivity contribution < 1.29 is 19.8 Å². The molecular formula is C8H13NO4. The first kappa shape index (κ1) is 9.98. The molecule has 1 aliphatic heterocycles. The Labute approximate surface area is 76.0 Å². The summed E-state index contributed by atoms with van der Waals surface area (Å²) in [6.07, 6.45) is -0.474. The molecule has 0 spiro atoms. The normalized spacial score (nSPS) is 28.6. The molecule has 0 bridgehead atoms. The first-order valence-corrected chi connectivity index (χ1v) is 4.17. The summed E-state index contributed by atoms with van der Waals surface area (Å²) in [6, 6.07) is 0. The Morgan fingerprint density at radius 2 is 2.00 bits per heavy atom. The molecule has 0 aliphatic carbocycles. The van der Waals surface area contributed by atoms with Crippen LogP contribution in [0.3, 0.4) is 0 Å². The molecule has 1 fully saturated rings. The number of likely N-dealkylation sites (tertiary alicyclic amines) is 1. The third kappa shape index (κ3) is 2.42. The molecule has 1 amide bonds. The number of carboxylic acid groups (broad SMARTS) is 1. The molecule has 0 aromatic rings. The van der Waals surface area contributed by atoms with Crippen LogP contribution < -0.4 is 0 Å². The van der Waals surface area contributed by atoms with Gasteiger partial charge in [0.15, 0.2) is 0 Å². The van der Waals surface area contributed by atoms with Crippen molar-refractivity contribution in [3.63, 3.8) is 0 Å². The molecule has 0 radical (unpaired) electrons. The number of aliphatic hydroxyl groups is 1. The van der Waals surface area contributed by atoms with Gasteiger partial charge >= 0.3 is 5.97 Å². The smallest absolute Gasteiger partial charge is 0.308 e. The summed E-state index contributed by atoms with van der Waals surface area (Å²) in [5.41, 5.74) is 0. The van der Waals surface area contributed by atoms with Gasteiger partial charge < -0.3 is 15.1 Å². The number of aliphatic carboxylic acids is 1. The van der Waals surface area contributed by atoms with Gasteiger partial charge in [-0.2, -0.15) is 0 Å². The summed E-state index contributed by atoms with van der Waals surface area (Å²) in [6.45, 7) is 1.83. The quantitative estimate of drug-likeness (QED) is 0.569. The van der Waals surface area contributed by atoms with Crippen LogP contribution in [0, 0.1) is 5.92 Å². The lowest BCUT2D eigenvalue weighted by Gasteiger charge is -2.33. The Kier molecular flexibility index (Phi) is 2.87. The van der Waals surface area contributed by atoms with E-state index < -0.39 is 18.0 Å². The lowest BCUT2D eigenvalue weighted by Crippen LogP contribution is -2.47. The summed E-state index contributed by atoms with van der Waals surface area (Å²) in [7, 11) is 0. The lowest BCUT2D eigenvalue weighted by molar-refractivity contribution is -0.148. The molecule has 1 saturated heterocycles. The summed E-state index contributed by atoms with van der Waals surface area (Å²) >= 11 is 0. The number of nitrogens with zero attached hydrogens (tertiary/aromatic N) is 1. The SMILES string of the molecule is CC(=O)N1C[C@@H](O)C[C@H](C(=O)O)C1. The van der Waals surface area contributed by atoms with Crippen molar-refractivity contribution in [3.05, 3.63) is 0 Å². The Hall–Kier alpha value is -1.10. The fourth-order valence-electron chi connectivity index (χ4n) is 1.51. The number of carbonyl (C=O) groups is 2. The predicted octanol–water partition coefficient (Wildman–Crippen LogP) is -0.700. The number of aliphatic hydroxyl groups excluding tert-OH is 1. The van der Waals surface area contributed by atoms with Gasteiger partial charge in [-0.25, -0.2) is 0 Å². The standard InChI is InChI=1S/C8H13NO4/c1-5(10)9-3-6(8(12)13)2-7(11)4-9/h6-7,11H,2-4H2,1H3,(H,12,13)/t6-,7-/m0/s1. The van der Waals surface area contributed by atoms with Crippen LogP contribution in [0.4, 0.5) is 0 Å². The van der Waals surface area contributed by atoms with Crippen molar-refractivity contribution in [2.24, 2.45) is 5.92 Å². The van der Waals surface area contributed by atoms with Crippen LogP contribution in [0.25, 0.3) is 0 Å². The number of β-amino-alcohol motifs (C(OH)–C–C–N with tert-alkyl or cyclic N) is 1. The second-order valence-corrected chi connectivity index (χ2v) is 3.35. The van der Waals surface area contributed by atoms with Crippen LogP contribution in [0.2, 0.25) is 0 Å². The highest BCUT2D eigenvalue weighted by molar-refractivity contribution is 5.76. The van der Waals surface area contributed by atoms with E-state index in [9.17, 15) is 14.7 Å². The van der Waals surface area contributed by atoms with E-state index in [2.05, 4.69) is 0 Å². The molecule has 1 heterocycles. The van der Waals surface area contributed by atoms with Crippen molar-refractivity contribution >= 4 is 11.9 Å². The highest BCUT2D eigenvalue weighted by Crippen LogP contribution is 2.16. The average molecular weight is 187 g/mol. The first-order chi connectivity index (χ1) is 6.00. The minimum absolute atomic E-state index is 0.190. The van der Waals surface area contributed by atoms with Gasteiger partial charge in [-0.3, -0.25) is 9.59 Å².